The molecule has 0 spiro atoms. The minimum atomic E-state index is 1.08. The van der Waals surface area contributed by atoms with Crippen molar-refractivity contribution in [1.82, 2.24) is 4.57 Å². The number of rotatable bonds is 3. The molecule has 0 saturated carbocycles. The van der Waals surface area contributed by atoms with E-state index in [9.17, 15) is 0 Å². The molecule has 43 heavy (non-hydrogen) atoms. The van der Waals surface area contributed by atoms with Crippen LogP contribution in [0.25, 0.3) is 80.7 Å². The average Bonchev–Trinajstić information content (AvgIpc) is 3.60. The van der Waals surface area contributed by atoms with Crippen molar-refractivity contribution in [2.45, 2.75) is 0 Å². The van der Waals surface area contributed by atoms with Gasteiger partial charge in [-0.3, -0.25) is 0 Å². The molecule has 0 bridgehead atoms. The molecule has 202 valence electrons. The summed E-state index contributed by atoms with van der Waals surface area (Å²) in [6.07, 6.45) is 0. The highest BCUT2D eigenvalue weighted by molar-refractivity contribution is 9.10. The Labute approximate surface area is 261 Å². The van der Waals surface area contributed by atoms with Crippen LogP contribution in [0.4, 0.5) is 0 Å². The van der Waals surface area contributed by atoms with E-state index in [-0.39, 0.29) is 0 Å². The predicted molar refractivity (Wildman–Crippen MR) is 190 cm³/mol. The van der Waals surface area contributed by atoms with E-state index in [1.54, 1.807) is 0 Å². The zero-order chi connectivity index (χ0) is 28.5. The predicted octanol–water partition coefficient (Wildman–Crippen LogP) is 12.4. The monoisotopic (exact) mass is 629 g/mol. The van der Waals surface area contributed by atoms with Crippen LogP contribution >= 0.6 is 27.3 Å². The maximum atomic E-state index is 3.84. The highest BCUT2D eigenvalue weighted by atomic mass is 79.9. The molecule has 9 aromatic rings. The summed E-state index contributed by atoms with van der Waals surface area (Å²) in [5.74, 6) is 0. The average molecular weight is 631 g/mol. The third-order valence-corrected chi connectivity index (χ3v) is 10.2. The van der Waals surface area contributed by atoms with Gasteiger partial charge in [-0.05, 0) is 87.6 Å². The maximum absolute atomic E-state index is 3.84. The second-order valence-electron chi connectivity index (χ2n) is 11.1. The van der Waals surface area contributed by atoms with Gasteiger partial charge in [-0.25, -0.2) is 0 Å². The molecule has 9 rings (SSSR count). The normalized spacial score (nSPS) is 11.8. The Morgan fingerprint density at radius 2 is 1.12 bits per heavy atom. The quantitative estimate of drug-likeness (QED) is 0.183. The maximum Gasteiger partial charge on any atom is 0.0547 e. The summed E-state index contributed by atoms with van der Waals surface area (Å²) < 4.78 is 6.11. The molecule has 0 atom stereocenters. The summed E-state index contributed by atoms with van der Waals surface area (Å²) in [4.78, 5) is 0. The van der Waals surface area contributed by atoms with E-state index in [1.807, 2.05) is 11.3 Å². The van der Waals surface area contributed by atoms with Crippen LogP contribution in [0, 0.1) is 0 Å². The van der Waals surface area contributed by atoms with Crippen LogP contribution in [0.5, 0.6) is 0 Å². The lowest BCUT2D eigenvalue weighted by atomic mass is 9.97. The molecule has 0 fully saturated rings. The Hall–Kier alpha value is -4.70. The van der Waals surface area contributed by atoms with Gasteiger partial charge in [0, 0.05) is 41.1 Å². The second kappa shape index (κ2) is 9.67. The van der Waals surface area contributed by atoms with Gasteiger partial charge in [-0.1, -0.05) is 107 Å². The van der Waals surface area contributed by atoms with Gasteiger partial charge in [-0.2, -0.15) is 0 Å². The molecule has 0 unspecified atom stereocenters. The van der Waals surface area contributed by atoms with Gasteiger partial charge in [0.15, 0.2) is 0 Å². The first-order chi connectivity index (χ1) is 21.2. The molecule has 0 N–H and O–H groups in total. The topological polar surface area (TPSA) is 4.93 Å². The summed E-state index contributed by atoms with van der Waals surface area (Å²) >= 11 is 5.72. The van der Waals surface area contributed by atoms with E-state index in [1.165, 1.54) is 80.7 Å². The number of hydrogen-bond acceptors (Lipinski definition) is 1. The molecule has 0 aliphatic heterocycles. The highest BCUT2D eigenvalue weighted by Crippen LogP contribution is 2.41. The second-order valence-corrected chi connectivity index (χ2v) is 13.1. The van der Waals surface area contributed by atoms with Crippen molar-refractivity contribution < 1.29 is 0 Å². The molecule has 2 heterocycles. The SMILES string of the molecule is Brc1cc(-c2ccc3c(c2)sc2ccc4ccccc4c23)cc(-c2ccc3c4ccccc4n(-c4ccccc4)c3c2)c1. The van der Waals surface area contributed by atoms with Crippen LogP contribution in [-0.4, -0.2) is 4.57 Å². The zero-order valence-corrected chi connectivity index (χ0v) is 25.5. The number of fused-ring (bicyclic) bond motifs is 8. The number of hydrogen-bond donors (Lipinski definition) is 0. The Balaban J connectivity index is 1.20. The molecule has 0 aliphatic carbocycles. The third-order valence-electron chi connectivity index (χ3n) is 8.61. The molecule has 0 amide bonds. The summed E-state index contributed by atoms with van der Waals surface area (Å²) in [7, 11) is 0. The Kier molecular flexibility index (Phi) is 5.59. The fourth-order valence-corrected chi connectivity index (χ4v) is 8.31. The fraction of sp³-hybridized carbons (Fsp3) is 0. The number of halogens is 1. The van der Waals surface area contributed by atoms with Crippen molar-refractivity contribution in [1.29, 1.82) is 0 Å². The van der Waals surface area contributed by atoms with Gasteiger partial charge in [-0.15, -0.1) is 11.3 Å². The number of nitrogens with zero attached hydrogens (tertiary/aromatic N) is 1. The van der Waals surface area contributed by atoms with Gasteiger partial charge in [0.25, 0.3) is 0 Å². The summed E-state index contributed by atoms with van der Waals surface area (Å²) in [5.41, 5.74) is 8.43. The van der Waals surface area contributed by atoms with Crippen LogP contribution in [0.2, 0.25) is 0 Å². The smallest absolute Gasteiger partial charge is 0.0547 e. The van der Waals surface area contributed by atoms with Crippen LogP contribution in [0.1, 0.15) is 0 Å². The van der Waals surface area contributed by atoms with E-state index < -0.39 is 0 Å². The van der Waals surface area contributed by atoms with Crippen molar-refractivity contribution in [3.8, 4) is 27.9 Å². The van der Waals surface area contributed by atoms with Crippen molar-refractivity contribution in [2.24, 2.45) is 0 Å². The van der Waals surface area contributed by atoms with Gasteiger partial charge < -0.3 is 4.57 Å². The lowest BCUT2D eigenvalue weighted by Gasteiger charge is -2.11. The Bertz CT molecular complexity index is 2520. The first kappa shape index (κ1) is 24.9. The Morgan fingerprint density at radius 1 is 0.442 bits per heavy atom. The first-order valence-electron chi connectivity index (χ1n) is 14.5. The number of para-hydroxylation sites is 2. The largest absolute Gasteiger partial charge is 0.309 e. The minimum absolute atomic E-state index is 1.08. The standard InChI is InChI=1S/C40H24BrNS/c41-30-21-28(26-14-17-34-33-12-6-7-13-36(33)42(37(34)23-26)31-9-2-1-3-10-31)20-29(22-30)27-15-18-35-39(24-27)43-38-19-16-25-8-4-5-11-32(25)40(35)38/h1-24H. The molecule has 0 saturated heterocycles. The number of aromatic nitrogens is 1. The van der Waals surface area contributed by atoms with Crippen molar-refractivity contribution >= 4 is 80.0 Å². The molecule has 0 aliphatic rings. The zero-order valence-electron chi connectivity index (χ0n) is 23.1. The molecule has 7 aromatic carbocycles. The van der Waals surface area contributed by atoms with Crippen LogP contribution in [-0.2, 0) is 0 Å². The van der Waals surface area contributed by atoms with Gasteiger partial charge >= 0.3 is 0 Å². The van der Waals surface area contributed by atoms with Crippen LogP contribution in [0.3, 0.4) is 0 Å². The summed E-state index contributed by atoms with van der Waals surface area (Å²) in [6.45, 7) is 0. The molecule has 1 nitrogen and oxygen atoms in total. The Morgan fingerprint density at radius 3 is 1.95 bits per heavy atom. The van der Waals surface area contributed by atoms with E-state index in [0.717, 1.165) is 4.47 Å². The molecular weight excluding hydrogens is 606 g/mol. The van der Waals surface area contributed by atoms with E-state index in [0.29, 0.717) is 0 Å². The van der Waals surface area contributed by atoms with Gasteiger partial charge in [0.2, 0.25) is 0 Å². The number of benzene rings is 7. The van der Waals surface area contributed by atoms with Crippen LogP contribution < -0.4 is 0 Å². The van der Waals surface area contributed by atoms with E-state index >= 15 is 0 Å². The fourth-order valence-electron chi connectivity index (χ4n) is 6.65. The lowest BCUT2D eigenvalue weighted by molar-refractivity contribution is 1.18. The van der Waals surface area contributed by atoms with Crippen molar-refractivity contribution in [2.75, 3.05) is 0 Å². The molecular formula is C40H24BrNS. The molecule has 2 aromatic heterocycles. The van der Waals surface area contributed by atoms with E-state index in [2.05, 4.69) is 166 Å². The van der Waals surface area contributed by atoms with Gasteiger partial charge in [0.05, 0.1) is 11.0 Å². The number of thiophene rings is 1. The summed E-state index contributed by atoms with van der Waals surface area (Å²) in [5, 5.41) is 7.84. The molecule has 0 radical (unpaired) electrons. The third kappa shape index (κ3) is 3.96. The lowest BCUT2D eigenvalue weighted by Crippen LogP contribution is -1.93. The van der Waals surface area contributed by atoms with Gasteiger partial charge in [0.1, 0.15) is 0 Å². The van der Waals surface area contributed by atoms with Crippen molar-refractivity contribution in [3.63, 3.8) is 0 Å². The van der Waals surface area contributed by atoms with Crippen molar-refractivity contribution in [3.05, 3.63) is 150 Å². The minimum Gasteiger partial charge on any atom is -0.309 e. The summed E-state index contributed by atoms with van der Waals surface area (Å²) in [6, 6.07) is 53.1. The van der Waals surface area contributed by atoms with E-state index in [4.69, 9.17) is 0 Å². The van der Waals surface area contributed by atoms with Crippen LogP contribution in [0.15, 0.2) is 150 Å². The highest BCUT2D eigenvalue weighted by Gasteiger charge is 2.15. The first-order valence-corrected chi connectivity index (χ1v) is 16.1. The molecule has 3 heteroatoms.